The van der Waals surface area contributed by atoms with Gasteiger partial charge < -0.3 is 9.15 Å². The van der Waals surface area contributed by atoms with E-state index in [9.17, 15) is 14.9 Å². The van der Waals surface area contributed by atoms with E-state index in [1.807, 2.05) is 18.2 Å². The molecule has 0 radical (unpaired) electrons. The van der Waals surface area contributed by atoms with E-state index in [0.717, 1.165) is 15.2 Å². The van der Waals surface area contributed by atoms with Gasteiger partial charge in [0.2, 0.25) is 6.54 Å². The summed E-state index contributed by atoms with van der Waals surface area (Å²) < 4.78 is 11.2. The number of benzene rings is 1. The second kappa shape index (κ2) is 6.71. The Morgan fingerprint density at radius 3 is 2.95 bits per heavy atom. The number of hydrogen-bond acceptors (Lipinski definition) is 5. The second-order valence-electron chi connectivity index (χ2n) is 4.55. The molecule has 0 spiro atoms. The van der Waals surface area contributed by atoms with E-state index < -0.39 is 16.8 Å². The van der Waals surface area contributed by atoms with Gasteiger partial charge in [-0.25, -0.2) is 0 Å². The van der Waals surface area contributed by atoms with Crippen LogP contribution in [0.2, 0.25) is 0 Å². The molecule has 7 heteroatoms. The van der Waals surface area contributed by atoms with Crippen molar-refractivity contribution in [3.05, 3.63) is 44.8 Å². The molecule has 1 aromatic heterocycles. The van der Waals surface area contributed by atoms with Crippen molar-refractivity contribution in [3.8, 4) is 0 Å². The first-order valence-electron chi connectivity index (χ1n) is 6.45. The molecule has 21 heavy (non-hydrogen) atoms. The molecule has 112 valence electrons. The van der Waals surface area contributed by atoms with Gasteiger partial charge in [0.1, 0.15) is 5.76 Å². The average molecular weight is 356 g/mol. The van der Waals surface area contributed by atoms with Crippen molar-refractivity contribution in [3.63, 3.8) is 0 Å². The summed E-state index contributed by atoms with van der Waals surface area (Å²) in [5.41, 5.74) is 0. The smallest absolute Gasteiger partial charge is 0.306 e. The normalized spacial score (nSPS) is 12.3. The van der Waals surface area contributed by atoms with Crippen LogP contribution in [-0.4, -0.2) is 24.0 Å². The number of esters is 1. The molecule has 0 N–H and O–H groups in total. The molecule has 0 aliphatic rings. The Labute approximate surface area is 129 Å². The van der Waals surface area contributed by atoms with E-state index in [4.69, 9.17) is 9.15 Å². The molecule has 0 bridgehead atoms. The highest BCUT2D eigenvalue weighted by molar-refractivity contribution is 9.10. The third-order valence-electron chi connectivity index (χ3n) is 3.05. The fourth-order valence-electron chi connectivity index (χ4n) is 2.20. The lowest BCUT2D eigenvalue weighted by molar-refractivity contribution is -0.483. The largest absolute Gasteiger partial charge is 0.467 e. The van der Waals surface area contributed by atoms with Gasteiger partial charge in [0.05, 0.1) is 25.2 Å². The van der Waals surface area contributed by atoms with Crippen molar-refractivity contribution in [2.45, 2.75) is 19.3 Å². The Bertz CT molecular complexity index is 666. The first kappa shape index (κ1) is 15.5. The van der Waals surface area contributed by atoms with Crippen molar-refractivity contribution < 1.29 is 18.9 Å². The van der Waals surface area contributed by atoms with Crippen LogP contribution in [0.1, 0.15) is 25.0 Å². The number of carbonyl (C=O) groups is 1. The van der Waals surface area contributed by atoms with Crippen LogP contribution >= 0.6 is 15.9 Å². The zero-order valence-corrected chi connectivity index (χ0v) is 13.0. The monoisotopic (exact) mass is 355 g/mol. The molecule has 0 saturated heterocycles. The lowest BCUT2D eigenvalue weighted by atomic mass is 9.99. The van der Waals surface area contributed by atoms with Crippen LogP contribution in [0.15, 0.2) is 33.4 Å². The number of hydrogen-bond donors (Lipinski definition) is 0. The van der Waals surface area contributed by atoms with E-state index in [1.54, 1.807) is 6.92 Å². The summed E-state index contributed by atoms with van der Waals surface area (Å²) >= 11 is 3.36. The summed E-state index contributed by atoms with van der Waals surface area (Å²) in [6.07, 6.45) is 1.46. The summed E-state index contributed by atoms with van der Waals surface area (Å²) in [5, 5.41) is 12.4. The zero-order valence-electron chi connectivity index (χ0n) is 11.4. The molecule has 1 atom stereocenters. The number of carbonyl (C=O) groups excluding carboxylic acids is 1. The molecule has 0 amide bonds. The molecule has 0 aliphatic carbocycles. The first-order chi connectivity index (χ1) is 10.0. The summed E-state index contributed by atoms with van der Waals surface area (Å²) in [5.74, 6) is -0.661. The minimum Gasteiger partial charge on any atom is -0.467 e. The molecule has 2 rings (SSSR count). The fraction of sp³-hybridized carbons (Fsp3) is 0.357. The molecule has 6 nitrogen and oxygen atoms in total. The predicted octanol–water partition coefficient (Wildman–Crippen LogP) is 3.51. The van der Waals surface area contributed by atoms with Gasteiger partial charge in [-0.05, 0) is 25.1 Å². The number of ether oxygens (including phenoxy) is 1. The molecule has 1 heterocycles. The van der Waals surface area contributed by atoms with Gasteiger partial charge in [0.15, 0.2) is 0 Å². The standard InChI is InChI=1S/C14H14BrNO5/c1-2-20-13(17)6-9(7-16(18)19)14-12-4-3-11(15)5-10(12)8-21-14/h3-5,8-9H,2,6-7H2,1H3. The number of rotatable bonds is 6. The number of halogens is 1. The van der Waals surface area contributed by atoms with E-state index >= 15 is 0 Å². The van der Waals surface area contributed by atoms with Crippen molar-refractivity contribution in [1.29, 1.82) is 0 Å². The molecular formula is C14H14BrNO5. The van der Waals surface area contributed by atoms with Crippen LogP contribution in [0.25, 0.3) is 10.8 Å². The van der Waals surface area contributed by atoms with Crippen LogP contribution in [-0.2, 0) is 9.53 Å². The van der Waals surface area contributed by atoms with Crippen molar-refractivity contribution in [2.24, 2.45) is 0 Å². The number of furan rings is 1. The maximum absolute atomic E-state index is 11.6. The first-order valence-corrected chi connectivity index (χ1v) is 7.24. The third kappa shape index (κ3) is 3.81. The average Bonchev–Trinajstić information content (AvgIpc) is 2.80. The summed E-state index contributed by atoms with van der Waals surface area (Å²) in [7, 11) is 0. The molecule has 1 unspecified atom stereocenters. The number of nitrogens with zero attached hydrogens (tertiary/aromatic N) is 1. The molecular weight excluding hydrogens is 342 g/mol. The van der Waals surface area contributed by atoms with Gasteiger partial charge >= 0.3 is 5.97 Å². The zero-order chi connectivity index (χ0) is 15.4. The molecule has 0 aliphatic heterocycles. The third-order valence-corrected chi connectivity index (χ3v) is 3.54. The van der Waals surface area contributed by atoms with Gasteiger partial charge in [0.25, 0.3) is 0 Å². The summed E-state index contributed by atoms with van der Waals surface area (Å²) in [6.45, 7) is 1.56. The lowest BCUT2D eigenvalue weighted by Gasteiger charge is -2.10. The second-order valence-corrected chi connectivity index (χ2v) is 5.47. The minimum absolute atomic E-state index is 0.0759. The maximum atomic E-state index is 11.6. The van der Waals surface area contributed by atoms with E-state index in [2.05, 4.69) is 15.9 Å². The Hall–Kier alpha value is -1.89. The molecule has 2 aromatic rings. The topological polar surface area (TPSA) is 82.6 Å². The molecule has 0 saturated carbocycles. The number of fused-ring (bicyclic) bond motifs is 1. The highest BCUT2D eigenvalue weighted by atomic mass is 79.9. The quantitative estimate of drug-likeness (QED) is 0.449. The van der Waals surface area contributed by atoms with Gasteiger partial charge in [0, 0.05) is 20.2 Å². The minimum atomic E-state index is -0.641. The van der Waals surface area contributed by atoms with E-state index in [1.165, 1.54) is 6.26 Å². The Morgan fingerprint density at radius 2 is 2.29 bits per heavy atom. The van der Waals surface area contributed by atoms with E-state index in [-0.39, 0.29) is 19.6 Å². The summed E-state index contributed by atoms with van der Waals surface area (Å²) in [4.78, 5) is 22.0. The fourth-order valence-corrected chi connectivity index (χ4v) is 2.58. The van der Waals surface area contributed by atoms with Crippen molar-refractivity contribution >= 4 is 32.7 Å². The number of nitro groups is 1. The van der Waals surface area contributed by atoms with Crippen molar-refractivity contribution in [2.75, 3.05) is 13.2 Å². The Morgan fingerprint density at radius 1 is 1.52 bits per heavy atom. The van der Waals surface area contributed by atoms with Crippen molar-refractivity contribution in [1.82, 2.24) is 0 Å². The Balaban J connectivity index is 2.33. The van der Waals surface area contributed by atoms with Crippen LogP contribution in [0.3, 0.4) is 0 Å². The maximum Gasteiger partial charge on any atom is 0.306 e. The SMILES string of the molecule is CCOC(=O)CC(C[N+](=O)[O-])c1occ2cc(Br)ccc12. The van der Waals surface area contributed by atoms with Gasteiger partial charge in [-0.3, -0.25) is 14.9 Å². The van der Waals surface area contributed by atoms with Gasteiger partial charge in [-0.2, -0.15) is 0 Å². The molecule has 1 aromatic carbocycles. The van der Waals surface area contributed by atoms with Crippen LogP contribution < -0.4 is 0 Å². The summed E-state index contributed by atoms with van der Waals surface area (Å²) in [6, 6.07) is 5.50. The highest BCUT2D eigenvalue weighted by Gasteiger charge is 2.27. The van der Waals surface area contributed by atoms with Gasteiger partial charge in [-0.15, -0.1) is 0 Å². The van der Waals surface area contributed by atoms with Gasteiger partial charge in [-0.1, -0.05) is 15.9 Å². The van der Waals surface area contributed by atoms with Crippen LogP contribution in [0.4, 0.5) is 0 Å². The van der Waals surface area contributed by atoms with Crippen LogP contribution in [0.5, 0.6) is 0 Å². The van der Waals surface area contributed by atoms with Crippen LogP contribution in [0, 0.1) is 10.1 Å². The lowest BCUT2D eigenvalue weighted by Crippen LogP contribution is -2.17. The highest BCUT2D eigenvalue weighted by Crippen LogP contribution is 2.32. The predicted molar refractivity (Wildman–Crippen MR) is 79.8 cm³/mol. The Kier molecular flexibility index (Phi) is 4.95. The molecule has 0 fully saturated rings. The van der Waals surface area contributed by atoms with E-state index in [0.29, 0.717) is 5.76 Å².